The molecule has 0 aromatic rings. The Labute approximate surface area is 642 Å². The van der Waals surface area contributed by atoms with E-state index in [-0.39, 0.29) is 31.8 Å². The van der Waals surface area contributed by atoms with E-state index in [2.05, 4.69) is 56.4 Å². The Hall–Kier alpha value is -10.0. The largest absolute Gasteiger partial charge is 0.480 e. The predicted octanol–water partition coefficient (Wildman–Crippen LogP) is 0.978. The first-order valence-electron chi connectivity index (χ1n) is 38.1. The van der Waals surface area contributed by atoms with Crippen LogP contribution in [-0.2, 0) is 101 Å². The number of Topliss-reactive ketones (excluding diaryl/α,β-unsaturated/α-hetero) is 3. The number of carbonyl (C=O) groups is 20. The van der Waals surface area contributed by atoms with Crippen LogP contribution in [0, 0.1) is 5.92 Å². The van der Waals surface area contributed by atoms with Crippen molar-refractivity contribution in [2.24, 2.45) is 5.92 Å². The van der Waals surface area contributed by atoms with E-state index >= 15 is 0 Å². The maximum absolute atomic E-state index is 13.0. The molecule has 110 heavy (non-hydrogen) atoms. The molecule has 0 radical (unpaired) electrons. The summed E-state index contributed by atoms with van der Waals surface area (Å²) < 4.78 is 5.65. The van der Waals surface area contributed by atoms with Gasteiger partial charge in [0.05, 0.1) is 84.9 Å². The van der Waals surface area contributed by atoms with E-state index in [1.165, 1.54) is 128 Å². The normalized spacial score (nSPS) is 10.7. The van der Waals surface area contributed by atoms with E-state index in [1.807, 2.05) is 0 Å². The molecule has 0 fully saturated rings. The van der Waals surface area contributed by atoms with Gasteiger partial charge < -0.3 is 87.3 Å². The lowest BCUT2D eigenvalue weighted by Crippen LogP contribution is -2.50. The van der Waals surface area contributed by atoms with Crippen molar-refractivity contribution in [1.29, 1.82) is 0 Å². The van der Waals surface area contributed by atoms with Crippen LogP contribution in [0.15, 0.2) is 0 Å². The molecule has 37 heteroatoms. The third-order valence-electron chi connectivity index (χ3n) is 16.9. The number of carboxylic acids is 4. The van der Waals surface area contributed by atoms with Gasteiger partial charge in [0, 0.05) is 19.3 Å². The van der Waals surface area contributed by atoms with Crippen molar-refractivity contribution in [2.75, 3.05) is 111 Å². The first kappa shape index (κ1) is 100. The van der Waals surface area contributed by atoms with Gasteiger partial charge in [-0.25, -0.2) is 0 Å². The lowest BCUT2D eigenvalue weighted by Gasteiger charge is -2.21. The molecular weight excluding hydrogens is 1440 g/mol. The molecule has 0 aliphatic rings. The lowest BCUT2D eigenvalue weighted by atomic mass is 9.94. The Bertz CT molecular complexity index is 2960. The minimum absolute atomic E-state index is 0.210. The molecule has 0 atom stereocenters. The molecule has 0 heterocycles. The van der Waals surface area contributed by atoms with E-state index in [9.17, 15) is 116 Å². The van der Waals surface area contributed by atoms with Gasteiger partial charge in [0.1, 0.15) is 45.1 Å². The van der Waals surface area contributed by atoms with Crippen molar-refractivity contribution in [3.63, 3.8) is 0 Å². The van der Waals surface area contributed by atoms with Crippen LogP contribution in [0.3, 0.4) is 0 Å². The fourth-order valence-electron chi connectivity index (χ4n) is 11.0. The highest BCUT2D eigenvalue weighted by Gasteiger charge is 2.27. The van der Waals surface area contributed by atoms with Crippen molar-refractivity contribution in [3.05, 3.63) is 0 Å². The van der Waals surface area contributed by atoms with E-state index in [1.54, 1.807) is 0 Å². The van der Waals surface area contributed by atoms with Crippen LogP contribution in [0.4, 0.5) is 0 Å². The highest BCUT2D eigenvalue weighted by molar-refractivity contribution is 5.99. The molecule has 0 saturated carbocycles. The number of hydrogen-bond donors (Lipinski definition) is 12. The fraction of sp³-hybridized carbons (Fsp3) is 0.726. The third kappa shape index (κ3) is 58.1. The summed E-state index contributed by atoms with van der Waals surface area (Å²) in [7, 11) is 0. The predicted molar refractivity (Wildman–Crippen MR) is 395 cm³/mol. The third-order valence-corrected chi connectivity index (χ3v) is 16.9. The lowest BCUT2D eigenvalue weighted by molar-refractivity contribution is -0.146. The summed E-state index contributed by atoms with van der Waals surface area (Å²) >= 11 is 0. The summed E-state index contributed by atoms with van der Waals surface area (Å²) in [6, 6.07) is 0. The van der Waals surface area contributed by atoms with Gasteiger partial charge in [-0.15, -0.1) is 0 Å². The van der Waals surface area contributed by atoms with Crippen LogP contribution in [0.25, 0.3) is 0 Å². The number of nitrogens with zero attached hydrogens (tertiary/aromatic N) is 4. The zero-order valence-corrected chi connectivity index (χ0v) is 64.4. The van der Waals surface area contributed by atoms with Gasteiger partial charge in [-0.05, 0) is 32.1 Å². The SMILES string of the molecule is CCCCCCCCCCCCCCC(CCCCCCCCCCCCCC)COC(=O)CCC(=O)NCC(=O)NCC(=O)N(CC(=O)O)CC(=O)NCC(=O)NCC(=O)N(CC(=O)O)CC(=O)CCCC(=O)CN(CC(=O)O)C(=O)CNC(=O)CNC(=O)CN(CC(=O)O)C(=O)CNC(=O)CNC(=O)CC(C)=O. The molecule has 0 aromatic heterocycles. The second kappa shape index (κ2) is 62.8. The van der Waals surface area contributed by atoms with Gasteiger partial charge in [-0.1, -0.05) is 168 Å². The number of esters is 1. The molecule has 0 aromatic carbocycles. The van der Waals surface area contributed by atoms with Crippen molar-refractivity contribution >= 4 is 118 Å². The Morgan fingerprint density at radius 3 is 0.836 bits per heavy atom. The summed E-state index contributed by atoms with van der Waals surface area (Å²) in [6.45, 7) is -8.31. The van der Waals surface area contributed by atoms with E-state index in [4.69, 9.17) is 4.74 Å². The average molecular weight is 1570 g/mol. The number of ketones is 3. The van der Waals surface area contributed by atoms with Crippen LogP contribution in [0.1, 0.15) is 226 Å². The summed E-state index contributed by atoms with van der Waals surface area (Å²) in [5.74, 6) is -20.4. The number of carbonyl (C=O) groups excluding carboxylic acids is 16. The summed E-state index contributed by atoms with van der Waals surface area (Å²) in [5.41, 5.74) is 0. The van der Waals surface area contributed by atoms with Crippen LogP contribution in [0.5, 0.6) is 0 Å². The van der Waals surface area contributed by atoms with Crippen molar-refractivity contribution in [3.8, 4) is 0 Å². The first-order valence-corrected chi connectivity index (χ1v) is 38.1. The van der Waals surface area contributed by atoms with Crippen molar-refractivity contribution < 1.29 is 121 Å². The molecule has 0 unspecified atom stereocenters. The zero-order valence-electron chi connectivity index (χ0n) is 64.4. The minimum Gasteiger partial charge on any atom is -0.480 e. The Balaban J connectivity index is 5.09. The van der Waals surface area contributed by atoms with Crippen LogP contribution >= 0.6 is 0 Å². The maximum atomic E-state index is 13.0. The molecule has 0 spiro atoms. The van der Waals surface area contributed by atoms with E-state index < -0.39 is 242 Å². The number of ether oxygens (including phenoxy) is 1. The second-order valence-electron chi connectivity index (χ2n) is 27.0. The van der Waals surface area contributed by atoms with Crippen LogP contribution in [-0.4, -0.2) is 269 Å². The van der Waals surface area contributed by atoms with Crippen molar-refractivity contribution in [2.45, 2.75) is 226 Å². The molecule has 622 valence electrons. The smallest absolute Gasteiger partial charge is 0.323 e. The van der Waals surface area contributed by atoms with Crippen molar-refractivity contribution in [1.82, 2.24) is 62.1 Å². The number of amides is 12. The summed E-state index contributed by atoms with van der Waals surface area (Å²) in [5, 5.41) is 54.6. The van der Waals surface area contributed by atoms with Crippen LogP contribution < -0.4 is 42.5 Å². The number of unbranched alkanes of at least 4 members (excludes halogenated alkanes) is 22. The monoisotopic (exact) mass is 1560 g/mol. The molecule has 0 rings (SSSR count). The molecule has 12 N–H and O–H groups in total. The number of rotatable bonds is 69. The summed E-state index contributed by atoms with van der Waals surface area (Å²) in [6.07, 6.45) is 29.5. The van der Waals surface area contributed by atoms with Gasteiger partial charge in [0.25, 0.3) is 0 Å². The molecule has 0 aliphatic heterocycles. The molecular formula is C73H120N12O25. The van der Waals surface area contributed by atoms with Crippen LogP contribution in [0.2, 0.25) is 0 Å². The first-order chi connectivity index (χ1) is 52.3. The molecule has 0 bridgehead atoms. The standard InChI is InChI=1S/C73H120N12O25/c1-4-6-8-10-12-14-16-18-20-22-24-26-29-54(30-27-25-23-21-19-17-15-13-11-9-7-5-2)52-110-73(109)34-33-57(89)74-36-59(91)80-42-67(99)84(50-71(105)106)46-63(95)76-38-61(93)78-40-65(97)82(48-69(101)102)44-55(87)31-28-32-56(88)45-83(49-70(103)104)66(98)41-79-62(94)39-77-64(96)47-85(51-72(107)108)68(100)43-81-60(92)37-75-58(90)35-53(3)86/h54H,4-52H2,1-3H3,(H,74,89)(H,75,90)(H,76,95)(H,77,96)(H,78,93)(H,79,94)(H,80,91)(H,81,92)(H,101,102)(H,103,104)(H,105,106)(H,107,108). The zero-order chi connectivity index (χ0) is 82.4. The molecule has 12 amide bonds. The number of carboxylic acid groups (broad SMARTS) is 4. The Kier molecular flexibility index (Phi) is 57.1. The quantitative estimate of drug-likeness (QED) is 0.0229. The Morgan fingerprint density at radius 2 is 0.545 bits per heavy atom. The van der Waals surface area contributed by atoms with Gasteiger partial charge in [0.15, 0.2) is 11.6 Å². The highest BCUT2D eigenvalue weighted by atomic mass is 16.5. The topological polar surface area (TPSA) is 541 Å². The number of hydrogen-bond acceptors (Lipinski definition) is 21. The molecule has 37 nitrogen and oxygen atoms in total. The number of aliphatic carboxylic acids is 4. The van der Waals surface area contributed by atoms with Gasteiger partial charge in [-0.3, -0.25) is 95.9 Å². The molecule has 0 aliphatic carbocycles. The second-order valence-corrected chi connectivity index (χ2v) is 27.0. The van der Waals surface area contributed by atoms with Gasteiger partial charge in [0.2, 0.25) is 70.9 Å². The Morgan fingerprint density at radius 1 is 0.282 bits per heavy atom. The van der Waals surface area contributed by atoms with E-state index in [0.29, 0.717) is 19.6 Å². The molecule has 0 saturated heterocycles. The fourth-order valence-corrected chi connectivity index (χ4v) is 11.0. The summed E-state index contributed by atoms with van der Waals surface area (Å²) in [4.78, 5) is 249. The minimum atomic E-state index is -1.58. The van der Waals surface area contributed by atoms with Gasteiger partial charge in [-0.2, -0.15) is 0 Å². The number of nitrogens with one attached hydrogen (secondary N) is 8. The average Bonchev–Trinajstić information content (AvgIpc) is 0.914. The van der Waals surface area contributed by atoms with Gasteiger partial charge >= 0.3 is 29.8 Å². The highest BCUT2D eigenvalue weighted by Crippen LogP contribution is 2.21. The maximum Gasteiger partial charge on any atom is 0.323 e. The van der Waals surface area contributed by atoms with E-state index in [0.717, 1.165) is 45.4 Å².